The van der Waals surface area contributed by atoms with Gasteiger partial charge in [-0.1, -0.05) is 57.1 Å². The van der Waals surface area contributed by atoms with Crippen LogP contribution in [-0.4, -0.2) is 24.3 Å². The van der Waals surface area contributed by atoms with Crippen molar-refractivity contribution < 1.29 is 14.6 Å². The van der Waals surface area contributed by atoms with Gasteiger partial charge in [0.1, 0.15) is 6.61 Å². The van der Waals surface area contributed by atoms with Gasteiger partial charge in [-0.05, 0) is 26.2 Å². The fourth-order valence-corrected chi connectivity index (χ4v) is 2.00. The van der Waals surface area contributed by atoms with Crippen LogP contribution in [0.4, 0.5) is 0 Å². The van der Waals surface area contributed by atoms with Crippen LogP contribution in [0.5, 0.6) is 0 Å². The largest absolute Gasteiger partial charge is 0.464 e. The van der Waals surface area contributed by atoms with Gasteiger partial charge >= 0.3 is 5.97 Å². The van der Waals surface area contributed by atoms with Crippen molar-refractivity contribution in [1.82, 2.24) is 0 Å². The Labute approximate surface area is 118 Å². The summed E-state index contributed by atoms with van der Waals surface area (Å²) in [6.45, 7) is 2.02. The van der Waals surface area contributed by atoms with Crippen LogP contribution in [0.1, 0.15) is 71.1 Å². The summed E-state index contributed by atoms with van der Waals surface area (Å²) in [6, 6.07) is 0. The minimum Gasteiger partial charge on any atom is -0.464 e. The van der Waals surface area contributed by atoms with Crippen LogP contribution in [0.15, 0.2) is 12.2 Å². The van der Waals surface area contributed by atoms with E-state index < -0.39 is 12.6 Å². The van der Waals surface area contributed by atoms with Gasteiger partial charge in [-0.2, -0.15) is 0 Å². The number of unbranched alkanes of at least 4 members (excludes halogenated alkanes) is 9. The Morgan fingerprint density at radius 2 is 1.47 bits per heavy atom. The molecule has 0 radical (unpaired) electrons. The van der Waals surface area contributed by atoms with Crippen molar-refractivity contribution in [2.24, 2.45) is 0 Å². The second-order valence-electron chi connectivity index (χ2n) is 4.92. The normalized spacial score (nSPS) is 11.1. The highest BCUT2D eigenvalue weighted by Gasteiger charge is 1.98. The minimum absolute atomic E-state index is 0.449. The quantitative estimate of drug-likeness (QED) is 0.312. The number of carbonyl (C=O) groups excluding carboxylic acids is 1. The van der Waals surface area contributed by atoms with E-state index >= 15 is 0 Å². The molecule has 0 aliphatic heterocycles. The molecule has 0 aromatic rings. The molecular weight excluding hydrogens is 240 g/mol. The highest BCUT2D eigenvalue weighted by Crippen LogP contribution is 2.10. The van der Waals surface area contributed by atoms with Crippen molar-refractivity contribution in [2.45, 2.75) is 71.1 Å². The summed E-state index contributed by atoms with van der Waals surface area (Å²) in [7, 11) is 0. The summed E-state index contributed by atoms with van der Waals surface area (Å²) >= 11 is 0. The SMILES string of the molecule is C/C=C\CCCCCCCCCCCOC(=O)CO. The van der Waals surface area contributed by atoms with E-state index in [1.807, 2.05) is 0 Å². The first-order valence-electron chi connectivity index (χ1n) is 7.69. The Morgan fingerprint density at radius 3 is 2.00 bits per heavy atom. The molecule has 0 amide bonds. The van der Waals surface area contributed by atoms with E-state index in [0.29, 0.717) is 6.61 Å². The van der Waals surface area contributed by atoms with Gasteiger partial charge in [0, 0.05) is 0 Å². The van der Waals surface area contributed by atoms with Gasteiger partial charge in [0.25, 0.3) is 0 Å². The van der Waals surface area contributed by atoms with Crippen LogP contribution in [0.25, 0.3) is 0 Å². The maximum Gasteiger partial charge on any atom is 0.331 e. The maximum atomic E-state index is 10.6. The molecule has 0 spiro atoms. The molecule has 0 fully saturated rings. The van der Waals surface area contributed by atoms with Crippen LogP contribution < -0.4 is 0 Å². The molecule has 19 heavy (non-hydrogen) atoms. The first-order valence-corrected chi connectivity index (χ1v) is 7.69. The molecule has 0 atom stereocenters. The number of esters is 1. The molecule has 0 aromatic carbocycles. The summed E-state index contributed by atoms with van der Waals surface area (Å²) in [5.74, 6) is -0.516. The van der Waals surface area contributed by atoms with Crippen molar-refractivity contribution in [3.8, 4) is 0 Å². The molecule has 0 aromatic heterocycles. The molecule has 3 heteroatoms. The third-order valence-corrected chi connectivity index (χ3v) is 3.14. The molecule has 0 heterocycles. The number of allylic oxidation sites excluding steroid dienone is 2. The van der Waals surface area contributed by atoms with Gasteiger partial charge in [-0.3, -0.25) is 0 Å². The number of hydrogen-bond acceptors (Lipinski definition) is 3. The lowest BCUT2D eigenvalue weighted by atomic mass is 10.1. The minimum atomic E-state index is -0.516. The number of ether oxygens (including phenoxy) is 1. The maximum absolute atomic E-state index is 10.6. The average molecular weight is 270 g/mol. The molecule has 1 N–H and O–H groups in total. The van der Waals surface area contributed by atoms with Gasteiger partial charge in [0.05, 0.1) is 6.61 Å². The average Bonchev–Trinajstić information content (AvgIpc) is 2.43. The lowest BCUT2D eigenvalue weighted by Crippen LogP contribution is -2.09. The second kappa shape index (κ2) is 15.2. The van der Waals surface area contributed by atoms with Gasteiger partial charge in [-0.25, -0.2) is 4.79 Å². The molecule has 0 rings (SSSR count). The standard InChI is InChI=1S/C16H30O3/c1-2-3-4-5-6-7-8-9-10-11-12-13-14-19-16(18)15-17/h2-3,17H,4-15H2,1H3/b3-2-. The van der Waals surface area contributed by atoms with E-state index in [4.69, 9.17) is 9.84 Å². The molecule has 0 bridgehead atoms. The van der Waals surface area contributed by atoms with E-state index in [-0.39, 0.29) is 0 Å². The van der Waals surface area contributed by atoms with E-state index in [1.54, 1.807) is 0 Å². The van der Waals surface area contributed by atoms with E-state index in [1.165, 1.54) is 51.4 Å². The summed E-state index contributed by atoms with van der Waals surface area (Å²) < 4.78 is 4.79. The van der Waals surface area contributed by atoms with Gasteiger partial charge in [-0.15, -0.1) is 0 Å². The molecular formula is C16H30O3. The zero-order valence-electron chi connectivity index (χ0n) is 12.4. The van der Waals surface area contributed by atoms with Crippen LogP contribution in [-0.2, 0) is 9.53 Å². The molecule has 0 saturated heterocycles. The summed E-state index contributed by atoms with van der Waals surface area (Å²) in [5, 5.41) is 8.45. The zero-order chi connectivity index (χ0) is 14.2. The summed E-state index contributed by atoms with van der Waals surface area (Å²) in [6.07, 6.45) is 16.8. The number of hydrogen-bond donors (Lipinski definition) is 1. The van der Waals surface area contributed by atoms with Crippen molar-refractivity contribution >= 4 is 5.97 Å². The molecule has 0 aliphatic rings. The van der Waals surface area contributed by atoms with Crippen LogP contribution in [0.3, 0.4) is 0 Å². The molecule has 0 unspecified atom stereocenters. The fourth-order valence-electron chi connectivity index (χ4n) is 2.00. The van der Waals surface area contributed by atoms with Crippen molar-refractivity contribution in [1.29, 1.82) is 0 Å². The fraction of sp³-hybridized carbons (Fsp3) is 0.812. The van der Waals surface area contributed by atoms with E-state index in [2.05, 4.69) is 19.1 Å². The topological polar surface area (TPSA) is 46.5 Å². The predicted octanol–water partition coefficient (Wildman–Crippen LogP) is 4.00. The highest BCUT2D eigenvalue weighted by atomic mass is 16.5. The van der Waals surface area contributed by atoms with E-state index in [9.17, 15) is 4.79 Å². The Balaban J connectivity index is 3.01. The van der Waals surface area contributed by atoms with Crippen molar-refractivity contribution in [2.75, 3.05) is 13.2 Å². The first kappa shape index (κ1) is 18.2. The smallest absolute Gasteiger partial charge is 0.331 e. The van der Waals surface area contributed by atoms with Crippen LogP contribution >= 0.6 is 0 Å². The third kappa shape index (κ3) is 15.1. The third-order valence-electron chi connectivity index (χ3n) is 3.14. The summed E-state index contributed by atoms with van der Waals surface area (Å²) in [4.78, 5) is 10.6. The Bertz CT molecular complexity index is 224. The zero-order valence-corrected chi connectivity index (χ0v) is 12.4. The van der Waals surface area contributed by atoms with Crippen LogP contribution in [0, 0.1) is 0 Å². The van der Waals surface area contributed by atoms with Crippen LogP contribution in [0.2, 0.25) is 0 Å². The summed E-state index contributed by atoms with van der Waals surface area (Å²) in [5.41, 5.74) is 0. The number of aliphatic hydroxyl groups excluding tert-OH is 1. The molecule has 0 saturated carbocycles. The molecule has 112 valence electrons. The lowest BCUT2D eigenvalue weighted by Gasteiger charge is -2.03. The van der Waals surface area contributed by atoms with Gasteiger partial charge in [0.2, 0.25) is 0 Å². The Morgan fingerprint density at radius 1 is 0.947 bits per heavy atom. The highest BCUT2D eigenvalue weighted by molar-refractivity contribution is 5.70. The van der Waals surface area contributed by atoms with E-state index in [0.717, 1.165) is 12.8 Å². The molecule has 3 nitrogen and oxygen atoms in total. The predicted molar refractivity (Wildman–Crippen MR) is 79.0 cm³/mol. The monoisotopic (exact) mass is 270 g/mol. The number of rotatable bonds is 13. The van der Waals surface area contributed by atoms with Gasteiger partial charge in [0.15, 0.2) is 0 Å². The number of aliphatic hydroxyl groups is 1. The molecule has 0 aliphatic carbocycles. The first-order chi connectivity index (χ1) is 9.31. The van der Waals surface area contributed by atoms with Crippen molar-refractivity contribution in [3.63, 3.8) is 0 Å². The Hall–Kier alpha value is -0.830. The van der Waals surface area contributed by atoms with Gasteiger partial charge < -0.3 is 9.84 Å². The second-order valence-corrected chi connectivity index (χ2v) is 4.92. The van der Waals surface area contributed by atoms with Crippen molar-refractivity contribution in [3.05, 3.63) is 12.2 Å². The lowest BCUT2D eigenvalue weighted by molar-refractivity contribution is -0.147. The Kier molecular flexibility index (Phi) is 14.6. The number of carbonyl (C=O) groups is 1.